The van der Waals surface area contributed by atoms with E-state index in [0.717, 1.165) is 16.2 Å². The fraction of sp³-hybridized carbons (Fsp3) is 0.318. The lowest BCUT2D eigenvalue weighted by Crippen LogP contribution is -2.71. The Labute approximate surface area is 214 Å². The zero-order valence-electron chi connectivity index (χ0n) is 18.8. The Morgan fingerprint density at radius 3 is 2.69 bits per heavy atom. The zero-order chi connectivity index (χ0) is 25.8. The minimum absolute atomic E-state index is 0.0398. The molecule has 3 aliphatic rings. The summed E-state index contributed by atoms with van der Waals surface area (Å²) in [6, 6.07) is -1.63. The molecule has 0 bridgehead atoms. The van der Waals surface area contributed by atoms with E-state index in [1.165, 1.54) is 11.1 Å². The lowest BCUT2D eigenvalue weighted by atomic mass is 10.00. The van der Waals surface area contributed by atoms with Crippen molar-refractivity contribution in [3.8, 4) is 5.19 Å². The third-order valence-electron chi connectivity index (χ3n) is 5.52. The highest BCUT2D eigenvalue weighted by Crippen LogP contribution is 2.25. The number of nitrogens with two attached hydrogens (primary N) is 1. The number of halogens is 1. The minimum atomic E-state index is -1.08. The number of aromatic nitrogens is 1. The minimum Gasteiger partial charge on any atom is -0.477 e. The number of hydrogen-bond donors (Lipinski definition) is 4. The van der Waals surface area contributed by atoms with E-state index in [4.69, 9.17) is 27.2 Å². The largest absolute Gasteiger partial charge is 0.477 e. The number of urea groups is 2. The van der Waals surface area contributed by atoms with Gasteiger partial charge in [-0.25, -0.2) is 24.3 Å². The summed E-state index contributed by atoms with van der Waals surface area (Å²) >= 11 is 6.92. The zero-order valence-corrected chi connectivity index (χ0v) is 20.4. The van der Waals surface area contributed by atoms with Crippen LogP contribution >= 0.6 is 22.9 Å². The van der Waals surface area contributed by atoms with Gasteiger partial charge in [0.2, 0.25) is 5.91 Å². The van der Waals surface area contributed by atoms with Gasteiger partial charge in [0.05, 0.1) is 6.20 Å². The number of rotatable bonds is 9. The number of ether oxygens (including phenoxy) is 1. The number of allylic oxidation sites excluding steroid dienone is 4. The lowest BCUT2D eigenvalue weighted by Gasteiger charge is -2.43. The topological polar surface area (TPSA) is 167 Å². The Hall–Kier alpha value is -3.68. The summed E-state index contributed by atoms with van der Waals surface area (Å²) in [6.07, 6.45) is 12.2. The van der Waals surface area contributed by atoms with Crippen molar-refractivity contribution in [1.82, 2.24) is 25.4 Å². The fourth-order valence-electron chi connectivity index (χ4n) is 3.77. The number of aromatic carboxylic acids is 1. The molecule has 0 aromatic carbocycles. The number of carbonyl (C=O) groups excluding carboxylic acids is 3. The maximum absolute atomic E-state index is 13.1. The first-order chi connectivity index (χ1) is 17.2. The predicted molar refractivity (Wildman–Crippen MR) is 130 cm³/mol. The van der Waals surface area contributed by atoms with Crippen LogP contribution in [-0.2, 0) is 4.79 Å². The highest BCUT2D eigenvalue weighted by atomic mass is 35.5. The SMILES string of the molecule is NC(=O)CN1C(=O)NC(NC2C=CC(Oc3ncc(C(=O)O)s3)=CC2)N(CC2C=CC(Cl)=CC2)C1=O. The Bertz CT molecular complexity index is 1190. The molecule has 0 saturated carbocycles. The van der Waals surface area contributed by atoms with Gasteiger partial charge in [-0.2, -0.15) is 0 Å². The molecule has 190 valence electrons. The molecule has 3 atom stereocenters. The van der Waals surface area contributed by atoms with Crippen molar-refractivity contribution in [2.75, 3.05) is 13.1 Å². The lowest BCUT2D eigenvalue weighted by molar-refractivity contribution is -0.118. The molecule has 0 spiro atoms. The summed E-state index contributed by atoms with van der Waals surface area (Å²) in [6.45, 7) is -0.271. The van der Waals surface area contributed by atoms with Crippen LogP contribution in [0.5, 0.6) is 5.19 Å². The normalized spacial score (nSPS) is 23.8. The maximum Gasteiger partial charge on any atom is 0.347 e. The van der Waals surface area contributed by atoms with Gasteiger partial charge in [-0.1, -0.05) is 41.2 Å². The monoisotopic (exact) mass is 534 g/mol. The molecule has 4 rings (SSSR count). The fourth-order valence-corrected chi connectivity index (χ4v) is 4.56. The van der Waals surface area contributed by atoms with Crippen molar-refractivity contribution in [3.05, 3.63) is 58.3 Å². The molecular weight excluding hydrogens is 512 g/mol. The predicted octanol–water partition coefficient (Wildman–Crippen LogP) is 1.94. The van der Waals surface area contributed by atoms with E-state index in [-0.39, 0.29) is 28.6 Å². The average molecular weight is 535 g/mol. The average Bonchev–Trinajstić information content (AvgIpc) is 3.30. The number of carboxylic acid groups (broad SMARTS) is 1. The first-order valence-electron chi connectivity index (χ1n) is 10.9. The number of primary amides is 1. The smallest absolute Gasteiger partial charge is 0.347 e. The van der Waals surface area contributed by atoms with Crippen molar-refractivity contribution in [2.45, 2.75) is 25.2 Å². The third-order valence-corrected chi connectivity index (χ3v) is 6.66. The van der Waals surface area contributed by atoms with Crippen molar-refractivity contribution in [2.24, 2.45) is 11.7 Å². The molecule has 5 N–H and O–H groups in total. The van der Waals surface area contributed by atoms with Gasteiger partial charge >= 0.3 is 18.0 Å². The summed E-state index contributed by atoms with van der Waals surface area (Å²) in [4.78, 5) is 54.3. The van der Waals surface area contributed by atoms with Gasteiger partial charge in [-0.05, 0) is 37.0 Å². The Morgan fingerprint density at radius 2 is 2.08 bits per heavy atom. The summed E-state index contributed by atoms with van der Waals surface area (Å²) in [5, 5.41) is 15.8. The van der Waals surface area contributed by atoms with Crippen LogP contribution in [0.4, 0.5) is 9.59 Å². The van der Waals surface area contributed by atoms with Gasteiger partial charge in [0.1, 0.15) is 17.2 Å². The number of carbonyl (C=O) groups is 4. The number of nitrogens with one attached hydrogen (secondary N) is 2. The second-order valence-corrected chi connectivity index (χ2v) is 9.59. The Balaban J connectivity index is 1.42. The van der Waals surface area contributed by atoms with Crippen LogP contribution in [0.2, 0.25) is 0 Å². The number of thiazole rings is 1. The van der Waals surface area contributed by atoms with E-state index in [9.17, 15) is 19.2 Å². The Kier molecular flexibility index (Phi) is 7.72. The molecule has 12 nitrogen and oxygen atoms in total. The molecule has 2 aliphatic carbocycles. The van der Waals surface area contributed by atoms with Gasteiger partial charge in [0.25, 0.3) is 5.19 Å². The van der Waals surface area contributed by atoms with Crippen LogP contribution in [0.3, 0.4) is 0 Å². The van der Waals surface area contributed by atoms with Gasteiger partial charge < -0.3 is 20.9 Å². The molecule has 14 heteroatoms. The highest BCUT2D eigenvalue weighted by molar-refractivity contribution is 7.15. The quantitative estimate of drug-likeness (QED) is 0.373. The number of hydrogen-bond acceptors (Lipinski definition) is 8. The summed E-state index contributed by atoms with van der Waals surface area (Å²) in [7, 11) is 0. The van der Waals surface area contributed by atoms with E-state index in [2.05, 4.69) is 15.6 Å². The molecule has 1 fully saturated rings. The van der Waals surface area contributed by atoms with Crippen molar-refractivity contribution in [3.63, 3.8) is 0 Å². The molecule has 1 aromatic heterocycles. The maximum atomic E-state index is 13.1. The molecule has 1 aromatic rings. The highest BCUT2D eigenvalue weighted by Gasteiger charge is 2.40. The standard InChI is InChI=1S/C22H23ClN6O6S/c23-13-3-1-12(2-4-13)10-28-19(27-20(33)29(22(28)34)11-17(24)30)26-14-5-7-15(8-6-14)35-21-25-9-16(36-21)18(31)32/h1,3-5,7-9,12,14,19,26H,2,6,10-11H2,(H2,24,30)(H,27,33)(H,31,32). The van der Waals surface area contributed by atoms with E-state index >= 15 is 0 Å². The van der Waals surface area contributed by atoms with E-state index in [1.54, 1.807) is 24.3 Å². The number of imide groups is 1. The number of amides is 5. The van der Waals surface area contributed by atoms with Gasteiger partial charge in [-0.15, -0.1) is 0 Å². The van der Waals surface area contributed by atoms with Gasteiger partial charge in [-0.3, -0.25) is 15.0 Å². The van der Waals surface area contributed by atoms with Crippen molar-refractivity contribution >= 4 is 46.9 Å². The van der Waals surface area contributed by atoms with Crippen LogP contribution in [-0.4, -0.2) is 69.3 Å². The molecule has 1 aliphatic heterocycles. The van der Waals surface area contributed by atoms with Gasteiger partial charge in [0.15, 0.2) is 6.29 Å². The molecule has 5 amide bonds. The molecule has 1 saturated heterocycles. The summed E-state index contributed by atoms with van der Waals surface area (Å²) in [5.41, 5.74) is 5.22. The molecule has 0 radical (unpaired) electrons. The first kappa shape index (κ1) is 25.4. The second kappa shape index (κ2) is 10.9. The summed E-state index contributed by atoms with van der Waals surface area (Å²) < 4.78 is 5.62. The van der Waals surface area contributed by atoms with E-state index < -0.39 is 36.8 Å². The summed E-state index contributed by atoms with van der Waals surface area (Å²) in [5.74, 6) is -1.43. The second-order valence-electron chi connectivity index (χ2n) is 8.16. The van der Waals surface area contributed by atoms with Crippen LogP contribution in [0.15, 0.2) is 53.4 Å². The van der Waals surface area contributed by atoms with E-state index in [0.29, 0.717) is 23.6 Å². The Morgan fingerprint density at radius 1 is 1.28 bits per heavy atom. The van der Waals surface area contributed by atoms with Crippen LogP contribution in [0.25, 0.3) is 0 Å². The third kappa shape index (κ3) is 6.11. The molecule has 36 heavy (non-hydrogen) atoms. The molecular formula is C22H23ClN6O6S. The van der Waals surface area contributed by atoms with Crippen LogP contribution in [0.1, 0.15) is 22.5 Å². The number of nitrogens with zero attached hydrogens (tertiary/aromatic N) is 3. The molecule has 3 unspecified atom stereocenters. The molecule has 2 heterocycles. The van der Waals surface area contributed by atoms with Crippen molar-refractivity contribution < 1.29 is 29.0 Å². The van der Waals surface area contributed by atoms with E-state index in [1.807, 2.05) is 12.2 Å². The van der Waals surface area contributed by atoms with Crippen LogP contribution in [0, 0.1) is 5.92 Å². The first-order valence-corrected chi connectivity index (χ1v) is 12.1. The van der Waals surface area contributed by atoms with Crippen molar-refractivity contribution in [1.29, 1.82) is 0 Å². The van der Waals surface area contributed by atoms with Crippen LogP contribution < -0.4 is 21.1 Å². The number of carboxylic acids is 1. The van der Waals surface area contributed by atoms with Gasteiger partial charge in [0, 0.05) is 17.6 Å².